The van der Waals surface area contributed by atoms with E-state index in [2.05, 4.69) is 11.9 Å². The zero-order valence-corrected chi connectivity index (χ0v) is 15.3. The summed E-state index contributed by atoms with van der Waals surface area (Å²) in [5, 5.41) is 0. The number of piperidine rings is 1. The molecular weight excluding hydrogens is 318 g/mol. The fraction of sp³-hybridized carbons (Fsp3) is 0.579. The first-order chi connectivity index (χ1) is 12.0. The van der Waals surface area contributed by atoms with E-state index in [-0.39, 0.29) is 23.8 Å². The van der Waals surface area contributed by atoms with Gasteiger partial charge in [0.25, 0.3) is 0 Å². The van der Waals surface area contributed by atoms with Crippen LogP contribution in [0.2, 0.25) is 0 Å². The van der Waals surface area contributed by atoms with E-state index in [1.54, 1.807) is 19.1 Å². The van der Waals surface area contributed by atoms with Gasteiger partial charge in [-0.1, -0.05) is 12.1 Å². The summed E-state index contributed by atoms with van der Waals surface area (Å²) in [6, 6.07) is 7.49. The number of ether oxygens (including phenoxy) is 1. The predicted molar refractivity (Wildman–Crippen MR) is 95.3 cm³/mol. The number of rotatable bonds is 3. The summed E-state index contributed by atoms with van der Waals surface area (Å²) >= 11 is 0. The van der Waals surface area contributed by atoms with Gasteiger partial charge in [-0.15, -0.1) is 0 Å². The Morgan fingerprint density at radius 2 is 1.72 bits per heavy atom. The molecule has 0 aromatic heterocycles. The molecule has 2 atom stereocenters. The maximum atomic E-state index is 13.2. The van der Waals surface area contributed by atoms with E-state index >= 15 is 0 Å². The second kappa shape index (κ2) is 7.44. The van der Waals surface area contributed by atoms with Crippen LogP contribution >= 0.6 is 0 Å². The minimum atomic E-state index is -0.209. The second-order valence-electron chi connectivity index (χ2n) is 7.00. The van der Waals surface area contributed by atoms with E-state index in [0.29, 0.717) is 12.8 Å². The van der Waals surface area contributed by atoms with Crippen LogP contribution < -0.4 is 4.74 Å². The third kappa shape index (κ3) is 3.63. The standard InChI is InChI=1S/C19H27N3O3/c1-20-10-12-22(13-11-20)19(24)16-8-9-17(23)21(2)18(16)14-4-6-15(25-3)7-5-14/h4-7,16,18H,8-13H2,1-3H3/t16-,18+/m1/s1. The van der Waals surface area contributed by atoms with Crippen molar-refractivity contribution >= 4 is 11.8 Å². The Labute approximate surface area is 149 Å². The van der Waals surface area contributed by atoms with Crippen molar-refractivity contribution in [3.05, 3.63) is 29.8 Å². The lowest BCUT2D eigenvalue weighted by Crippen LogP contribution is -2.52. The van der Waals surface area contributed by atoms with Crippen molar-refractivity contribution in [2.45, 2.75) is 18.9 Å². The van der Waals surface area contributed by atoms with Crippen molar-refractivity contribution in [2.75, 3.05) is 47.4 Å². The quantitative estimate of drug-likeness (QED) is 0.830. The van der Waals surface area contributed by atoms with Crippen molar-refractivity contribution in [3.8, 4) is 5.75 Å². The molecule has 2 heterocycles. The molecule has 25 heavy (non-hydrogen) atoms. The Balaban J connectivity index is 1.84. The predicted octanol–water partition coefficient (Wildman–Crippen LogP) is 1.38. The van der Waals surface area contributed by atoms with Crippen LogP contribution in [0.15, 0.2) is 24.3 Å². The molecule has 2 amide bonds. The van der Waals surface area contributed by atoms with Crippen LogP contribution in [-0.2, 0) is 9.59 Å². The minimum Gasteiger partial charge on any atom is -0.497 e. The highest BCUT2D eigenvalue weighted by atomic mass is 16.5. The third-order valence-corrected chi connectivity index (χ3v) is 5.45. The van der Waals surface area contributed by atoms with E-state index in [4.69, 9.17) is 4.74 Å². The summed E-state index contributed by atoms with van der Waals surface area (Å²) in [6.07, 6.45) is 1.05. The highest BCUT2D eigenvalue weighted by Gasteiger charge is 2.40. The van der Waals surface area contributed by atoms with Crippen molar-refractivity contribution < 1.29 is 14.3 Å². The van der Waals surface area contributed by atoms with Gasteiger partial charge in [-0.3, -0.25) is 9.59 Å². The summed E-state index contributed by atoms with van der Waals surface area (Å²) in [5.74, 6) is 0.867. The molecule has 3 rings (SSSR count). The summed E-state index contributed by atoms with van der Waals surface area (Å²) in [4.78, 5) is 31.4. The van der Waals surface area contributed by atoms with Crippen LogP contribution in [0.3, 0.4) is 0 Å². The number of likely N-dealkylation sites (N-methyl/N-ethyl adjacent to an activating group) is 1. The van der Waals surface area contributed by atoms with Gasteiger partial charge < -0.3 is 19.4 Å². The lowest BCUT2D eigenvalue weighted by Gasteiger charge is -2.42. The smallest absolute Gasteiger partial charge is 0.228 e. The zero-order valence-electron chi connectivity index (χ0n) is 15.3. The summed E-state index contributed by atoms with van der Waals surface area (Å²) in [6.45, 7) is 3.33. The monoisotopic (exact) mass is 345 g/mol. The van der Waals surface area contributed by atoms with Crippen LogP contribution in [0, 0.1) is 5.92 Å². The van der Waals surface area contributed by atoms with Crippen LogP contribution in [0.25, 0.3) is 0 Å². The van der Waals surface area contributed by atoms with Gasteiger partial charge in [0.05, 0.1) is 19.1 Å². The van der Waals surface area contributed by atoms with Crippen LogP contribution in [-0.4, -0.2) is 73.9 Å². The maximum Gasteiger partial charge on any atom is 0.228 e. The SMILES string of the molecule is COc1ccc([C@H]2[C@H](C(=O)N3CCN(C)CC3)CCC(=O)N2C)cc1. The number of nitrogens with zero attached hydrogens (tertiary/aromatic N) is 3. The fourth-order valence-electron chi connectivity index (χ4n) is 3.82. The average Bonchev–Trinajstić information content (AvgIpc) is 2.64. The number of amides is 2. The minimum absolute atomic E-state index is 0.100. The molecule has 1 aromatic rings. The summed E-state index contributed by atoms with van der Waals surface area (Å²) < 4.78 is 5.22. The molecule has 0 saturated carbocycles. The van der Waals surface area contributed by atoms with Gasteiger partial charge in [-0.05, 0) is 31.2 Å². The molecular formula is C19H27N3O3. The van der Waals surface area contributed by atoms with E-state index in [0.717, 1.165) is 37.5 Å². The van der Waals surface area contributed by atoms with Crippen molar-refractivity contribution in [3.63, 3.8) is 0 Å². The third-order valence-electron chi connectivity index (χ3n) is 5.45. The molecule has 6 heteroatoms. The van der Waals surface area contributed by atoms with Gasteiger partial charge in [0.2, 0.25) is 11.8 Å². The second-order valence-corrected chi connectivity index (χ2v) is 7.00. The van der Waals surface area contributed by atoms with Gasteiger partial charge >= 0.3 is 0 Å². The van der Waals surface area contributed by atoms with Crippen molar-refractivity contribution in [1.29, 1.82) is 0 Å². The Hall–Kier alpha value is -2.08. The van der Waals surface area contributed by atoms with E-state index < -0.39 is 0 Å². The molecule has 2 saturated heterocycles. The Morgan fingerprint density at radius 1 is 1.08 bits per heavy atom. The molecule has 0 aliphatic carbocycles. The van der Waals surface area contributed by atoms with Gasteiger partial charge in [0.1, 0.15) is 5.75 Å². The Bertz CT molecular complexity index is 623. The molecule has 6 nitrogen and oxygen atoms in total. The number of likely N-dealkylation sites (tertiary alicyclic amines) is 1. The Morgan fingerprint density at radius 3 is 2.32 bits per heavy atom. The molecule has 0 unspecified atom stereocenters. The average molecular weight is 345 g/mol. The number of methoxy groups -OCH3 is 1. The molecule has 0 spiro atoms. The van der Waals surface area contributed by atoms with Gasteiger partial charge in [0.15, 0.2) is 0 Å². The fourth-order valence-corrected chi connectivity index (χ4v) is 3.82. The molecule has 136 valence electrons. The van der Waals surface area contributed by atoms with E-state index in [9.17, 15) is 9.59 Å². The molecule has 0 bridgehead atoms. The first kappa shape index (κ1) is 17.7. The first-order valence-corrected chi connectivity index (χ1v) is 8.88. The van der Waals surface area contributed by atoms with Gasteiger partial charge in [-0.2, -0.15) is 0 Å². The van der Waals surface area contributed by atoms with E-state index in [1.165, 1.54) is 0 Å². The maximum absolute atomic E-state index is 13.2. The highest BCUT2D eigenvalue weighted by Crippen LogP contribution is 2.37. The normalized spacial score (nSPS) is 25.2. The molecule has 0 N–H and O–H groups in total. The number of benzene rings is 1. The molecule has 2 aliphatic rings. The molecule has 2 fully saturated rings. The van der Waals surface area contributed by atoms with Gasteiger partial charge in [0, 0.05) is 39.6 Å². The van der Waals surface area contributed by atoms with Crippen LogP contribution in [0.5, 0.6) is 5.75 Å². The Kier molecular flexibility index (Phi) is 5.27. The molecule has 2 aliphatic heterocycles. The van der Waals surface area contributed by atoms with Crippen LogP contribution in [0.1, 0.15) is 24.4 Å². The van der Waals surface area contributed by atoms with Crippen LogP contribution in [0.4, 0.5) is 0 Å². The number of carbonyl (C=O) groups excluding carboxylic acids is 2. The zero-order chi connectivity index (χ0) is 18.0. The topological polar surface area (TPSA) is 53.1 Å². The number of hydrogen-bond acceptors (Lipinski definition) is 4. The summed E-state index contributed by atoms with van der Waals surface area (Å²) in [5.41, 5.74) is 0.990. The number of carbonyl (C=O) groups is 2. The highest BCUT2D eigenvalue weighted by molar-refractivity contribution is 5.85. The summed E-state index contributed by atoms with van der Waals surface area (Å²) in [7, 11) is 5.51. The largest absolute Gasteiger partial charge is 0.497 e. The van der Waals surface area contributed by atoms with Crippen molar-refractivity contribution in [2.24, 2.45) is 5.92 Å². The number of piperazine rings is 1. The first-order valence-electron chi connectivity index (χ1n) is 8.88. The van der Waals surface area contributed by atoms with E-state index in [1.807, 2.05) is 29.2 Å². The van der Waals surface area contributed by atoms with Gasteiger partial charge in [-0.25, -0.2) is 0 Å². The number of hydrogen-bond donors (Lipinski definition) is 0. The van der Waals surface area contributed by atoms with Crippen molar-refractivity contribution in [1.82, 2.24) is 14.7 Å². The lowest BCUT2D eigenvalue weighted by atomic mass is 9.83. The molecule has 1 aromatic carbocycles. The molecule has 0 radical (unpaired) electrons. The lowest BCUT2D eigenvalue weighted by molar-refractivity contribution is -0.147.